The Morgan fingerprint density at radius 3 is 2.14 bits per heavy atom. The molecule has 0 spiro atoms. The zero-order chi connectivity index (χ0) is 25.6. The maximum Gasteiger partial charge on any atom is 0.328 e. The minimum Gasteiger partial charge on any atom is -0.489 e. The van der Waals surface area contributed by atoms with Crippen molar-refractivity contribution in [2.45, 2.75) is 50.5 Å². The molecule has 37 heavy (non-hydrogen) atoms. The van der Waals surface area contributed by atoms with Gasteiger partial charge in [0.2, 0.25) is 0 Å². The number of ether oxygens (including phenoxy) is 1. The van der Waals surface area contributed by atoms with Crippen LogP contribution in [0.1, 0.15) is 55.2 Å². The van der Waals surface area contributed by atoms with Crippen molar-refractivity contribution in [1.82, 2.24) is 0 Å². The largest absolute Gasteiger partial charge is 0.489 e. The highest BCUT2D eigenvalue weighted by molar-refractivity contribution is 6.39. The summed E-state index contributed by atoms with van der Waals surface area (Å²) in [6.45, 7) is 0.533. The maximum atomic E-state index is 10.9. The molecule has 5 heteroatoms. The van der Waals surface area contributed by atoms with Gasteiger partial charge in [-0.05, 0) is 109 Å². The number of hydrogen-bond acceptors (Lipinski definition) is 2. The van der Waals surface area contributed by atoms with E-state index < -0.39 is 5.97 Å². The highest BCUT2D eigenvalue weighted by Crippen LogP contribution is 2.62. The van der Waals surface area contributed by atoms with Gasteiger partial charge < -0.3 is 9.84 Å². The molecule has 0 unspecified atom stereocenters. The highest BCUT2D eigenvalue weighted by atomic mass is 35.5. The number of aliphatic carboxylic acids is 1. The second-order valence-corrected chi connectivity index (χ2v) is 12.0. The number of hydrogen-bond donors (Lipinski definition) is 1. The summed E-state index contributed by atoms with van der Waals surface area (Å²) in [7, 11) is 0. The number of rotatable bonds is 7. The lowest BCUT2D eigenvalue weighted by atomic mass is 9.48. The molecule has 0 atom stereocenters. The Balaban J connectivity index is 1.41. The van der Waals surface area contributed by atoms with E-state index in [0.29, 0.717) is 22.2 Å². The van der Waals surface area contributed by atoms with E-state index in [-0.39, 0.29) is 5.41 Å². The molecule has 4 saturated carbocycles. The van der Waals surface area contributed by atoms with Crippen LogP contribution < -0.4 is 4.74 Å². The predicted molar refractivity (Wildman–Crippen MR) is 149 cm³/mol. The van der Waals surface area contributed by atoms with Gasteiger partial charge in [-0.3, -0.25) is 0 Å². The third kappa shape index (κ3) is 4.92. The van der Waals surface area contributed by atoms with Crippen LogP contribution in [-0.2, 0) is 16.8 Å². The topological polar surface area (TPSA) is 46.5 Å². The molecule has 4 aliphatic rings. The number of benzene rings is 3. The Labute approximate surface area is 228 Å². The second-order valence-electron chi connectivity index (χ2n) is 11.2. The first-order chi connectivity index (χ1) is 17.9. The third-order valence-corrected chi connectivity index (χ3v) is 9.19. The molecule has 3 nitrogen and oxygen atoms in total. The molecule has 0 radical (unpaired) electrons. The summed E-state index contributed by atoms with van der Waals surface area (Å²) in [5.74, 6) is 2.38. The molecule has 0 aromatic heterocycles. The predicted octanol–water partition coefficient (Wildman–Crippen LogP) is 8.80. The van der Waals surface area contributed by atoms with Crippen LogP contribution in [0.5, 0.6) is 5.75 Å². The average molecular weight is 533 g/mol. The van der Waals surface area contributed by atoms with Crippen LogP contribution >= 0.6 is 23.2 Å². The quantitative estimate of drug-likeness (QED) is 0.309. The van der Waals surface area contributed by atoms with Crippen molar-refractivity contribution in [3.8, 4) is 16.9 Å². The van der Waals surface area contributed by atoms with Gasteiger partial charge in [-0.2, -0.15) is 0 Å². The van der Waals surface area contributed by atoms with E-state index in [0.717, 1.165) is 46.3 Å². The number of carboxylic acids is 1. The molecule has 4 aliphatic carbocycles. The fourth-order valence-corrected chi connectivity index (χ4v) is 8.26. The molecular weight excluding hydrogens is 503 g/mol. The maximum absolute atomic E-state index is 10.9. The summed E-state index contributed by atoms with van der Waals surface area (Å²) in [6.07, 6.45) is 10.4. The Hall–Kier alpha value is -2.75. The average Bonchev–Trinajstić information content (AvgIpc) is 2.86. The first kappa shape index (κ1) is 24.6. The lowest BCUT2D eigenvalue weighted by Gasteiger charge is -2.57. The molecule has 4 fully saturated rings. The van der Waals surface area contributed by atoms with E-state index in [9.17, 15) is 4.79 Å². The van der Waals surface area contributed by atoms with Gasteiger partial charge in [0.15, 0.2) is 0 Å². The molecule has 0 heterocycles. The van der Waals surface area contributed by atoms with Crippen molar-refractivity contribution < 1.29 is 14.6 Å². The van der Waals surface area contributed by atoms with Gasteiger partial charge >= 0.3 is 5.97 Å². The molecule has 3 aromatic rings. The molecule has 7 rings (SSSR count). The molecule has 0 aliphatic heterocycles. The first-order valence-corrected chi connectivity index (χ1v) is 13.9. The molecule has 1 N–H and O–H groups in total. The highest BCUT2D eigenvalue weighted by Gasteiger charge is 2.52. The summed E-state index contributed by atoms with van der Waals surface area (Å²) < 4.78 is 6.51. The van der Waals surface area contributed by atoms with Crippen molar-refractivity contribution in [2.75, 3.05) is 0 Å². The van der Waals surface area contributed by atoms with Crippen LogP contribution in [0.2, 0.25) is 10.0 Å². The minimum atomic E-state index is -1.01. The zero-order valence-corrected chi connectivity index (χ0v) is 22.1. The van der Waals surface area contributed by atoms with E-state index >= 15 is 0 Å². The smallest absolute Gasteiger partial charge is 0.328 e. The molecular formula is C32H30Cl2O3. The summed E-state index contributed by atoms with van der Waals surface area (Å²) in [6, 6.07) is 20.3. The number of halogens is 2. The van der Waals surface area contributed by atoms with Crippen LogP contribution in [0.25, 0.3) is 17.2 Å². The normalized spacial score (nSPS) is 26.1. The fourth-order valence-electron chi connectivity index (χ4n) is 7.53. The van der Waals surface area contributed by atoms with Gasteiger partial charge in [-0.25, -0.2) is 4.79 Å². The summed E-state index contributed by atoms with van der Waals surface area (Å²) >= 11 is 13.5. The summed E-state index contributed by atoms with van der Waals surface area (Å²) in [4.78, 5) is 10.9. The van der Waals surface area contributed by atoms with Crippen LogP contribution in [0, 0.1) is 17.8 Å². The minimum absolute atomic E-state index is 0.139. The Morgan fingerprint density at radius 1 is 0.919 bits per heavy atom. The summed E-state index contributed by atoms with van der Waals surface area (Å²) in [5, 5.41) is 9.98. The third-order valence-electron chi connectivity index (χ3n) is 8.60. The lowest BCUT2D eigenvalue weighted by Crippen LogP contribution is -2.48. The van der Waals surface area contributed by atoms with Gasteiger partial charge in [-0.1, -0.05) is 59.6 Å². The van der Waals surface area contributed by atoms with E-state index in [1.165, 1.54) is 50.2 Å². The molecule has 4 bridgehead atoms. The van der Waals surface area contributed by atoms with E-state index in [4.69, 9.17) is 33.0 Å². The Morgan fingerprint density at radius 2 is 1.54 bits per heavy atom. The van der Waals surface area contributed by atoms with Crippen LogP contribution in [-0.4, -0.2) is 11.1 Å². The Bertz CT molecular complexity index is 1300. The second kappa shape index (κ2) is 9.85. The summed E-state index contributed by atoms with van der Waals surface area (Å²) in [5.41, 5.74) is 4.99. The van der Waals surface area contributed by atoms with E-state index in [1.54, 1.807) is 12.1 Å². The monoisotopic (exact) mass is 532 g/mol. The van der Waals surface area contributed by atoms with Gasteiger partial charge in [-0.15, -0.1) is 0 Å². The molecule has 3 aromatic carbocycles. The molecule has 0 saturated heterocycles. The number of carboxylic acid groups (broad SMARTS) is 1. The SMILES string of the molecule is O=C(O)C=Cc1cc(Cl)c(-c2ccc(OCc3ccccc3)c(C34CC5CC(CC(C5)C3)C4)c2)c(Cl)c1. The van der Waals surface area contributed by atoms with Crippen LogP contribution in [0.4, 0.5) is 0 Å². The standard InChI is InChI=1S/C32H30Cl2O3/c33-27-13-21(6-9-30(35)36)14-28(34)31(27)25-7-8-29(37-19-20-4-2-1-3-5-20)26(15-25)32-16-22-10-23(17-32)12-24(11-22)18-32/h1-9,13-15,22-24H,10-12,16-19H2,(H,35,36). The van der Waals surface area contributed by atoms with E-state index in [1.807, 2.05) is 24.3 Å². The van der Waals surface area contributed by atoms with Gasteiger partial charge in [0.1, 0.15) is 12.4 Å². The van der Waals surface area contributed by atoms with Crippen molar-refractivity contribution in [1.29, 1.82) is 0 Å². The van der Waals surface area contributed by atoms with Gasteiger partial charge in [0.25, 0.3) is 0 Å². The molecule has 0 amide bonds. The number of carbonyl (C=O) groups is 1. The Kier molecular flexibility index (Phi) is 6.54. The zero-order valence-electron chi connectivity index (χ0n) is 20.6. The fraction of sp³-hybridized carbons (Fsp3) is 0.344. The molecule has 190 valence electrons. The van der Waals surface area contributed by atoms with Crippen molar-refractivity contribution >= 4 is 35.2 Å². The van der Waals surface area contributed by atoms with E-state index in [2.05, 4.69) is 24.3 Å². The first-order valence-electron chi connectivity index (χ1n) is 13.1. The van der Waals surface area contributed by atoms with Crippen molar-refractivity contribution in [3.63, 3.8) is 0 Å². The van der Waals surface area contributed by atoms with Gasteiger partial charge in [0.05, 0.1) is 10.0 Å². The van der Waals surface area contributed by atoms with Crippen molar-refractivity contribution in [2.24, 2.45) is 17.8 Å². The van der Waals surface area contributed by atoms with Crippen LogP contribution in [0.15, 0.2) is 66.7 Å². The lowest BCUT2D eigenvalue weighted by molar-refractivity contribution is -0.131. The van der Waals surface area contributed by atoms with Gasteiger partial charge in [0, 0.05) is 17.2 Å². The van der Waals surface area contributed by atoms with Crippen molar-refractivity contribution in [3.05, 3.63) is 93.5 Å². The van der Waals surface area contributed by atoms with Crippen LogP contribution in [0.3, 0.4) is 0 Å².